The molecule has 2 aliphatic heterocycles. The average Bonchev–Trinajstić information content (AvgIpc) is 2.55. The highest BCUT2D eigenvalue weighted by molar-refractivity contribution is 4.63. The molecule has 0 aromatic rings. The van der Waals surface area contributed by atoms with Gasteiger partial charge in [-0.3, -0.25) is 9.80 Å². The topological polar surface area (TPSA) is 39.0 Å². The van der Waals surface area contributed by atoms with Crippen LogP contribution in [0.4, 0.5) is 0 Å². The van der Waals surface area contributed by atoms with Crippen LogP contribution in [-0.2, 0) is 9.47 Å². The third-order valence-corrected chi connectivity index (χ3v) is 4.29. The Hall–Kier alpha value is -0.200. The highest BCUT2D eigenvalue weighted by Crippen LogP contribution is 2.01. The summed E-state index contributed by atoms with van der Waals surface area (Å²) in [5.41, 5.74) is 0. The lowest BCUT2D eigenvalue weighted by molar-refractivity contribution is 0.0370. The van der Waals surface area contributed by atoms with Crippen LogP contribution in [0.3, 0.4) is 0 Å². The van der Waals surface area contributed by atoms with Crippen molar-refractivity contribution >= 4 is 0 Å². The fraction of sp³-hybridized carbons (Fsp3) is 1.00. The van der Waals surface area contributed by atoms with Crippen LogP contribution in [0.25, 0.3) is 0 Å². The van der Waals surface area contributed by atoms with Crippen LogP contribution >= 0.6 is 0 Å². The van der Waals surface area contributed by atoms with E-state index in [0.29, 0.717) is 0 Å². The van der Waals surface area contributed by atoms with E-state index in [2.05, 4.69) is 15.1 Å². The van der Waals surface area contributed by atoms with Crippen LogP contribution in [0.5, 0.6) is 0 Å². The first kappa shape index (κ1) is 17.2. The zero-order chi connectivity index (χ0) is 14.6. The van der Waals surface area contributed by atoms with Crippen LogP contribution in [-0.4, -0.2) is 88.6 Å². The summed E-state index contributed by atoms with van der Waals surface area (Å²) in [5.74, 6) is 0. The molecule has 5 heteroatoms. The zero-order valence-corrected chi connectivity index (χ0v) is 13.5. The molecule has 0 aliphatic carbocycles. The second kappa shape index (κ2) is 11.4. The van der Waals surface area contributed by atoms with Gasteiger partial charge >= 0.3 is 0 Å². The summed E-state index contributed by atoms with van der Waals surface area (Å²) in [6.45, 7) is 12.6. The maximum atomic E-state index is 5.36. The summed E-state index contributed by atoms with van der Waals surface area (Å²) >= 11 is 0. The van der Waals surface area contributed by atoms with Crippen LogP contribution in [0, 0.1) is 0 Å². The van der Waals surface area contributed by atoms with Crippen molar-refractivity contribution in [2.45, 2.75) is 25.7 Å². The zero-order valence-electron chi connectivity index (χ0n) is 13.5. The first-order valence-electron chi connectivity index (χ1n) is 8.68. The van der Waals surface area contributed by atoms with Crippen LogP contribution < -0.4 is 5.32 Å². The third kappa shape index (κ3) is 8.12. The molecule has 0 spiro atoms. The quantitative estimate of drug-likeness (QED) is 0.560. The Balaban J connectivity index is 1.30. The predicted octanol–water partition coefficient (Wildman–Crippen LogP) is 0.816. The molecule has 21 heavy (non-hydrogen) atoms. The predicted molar refractivity (Wildman–Crippen MR) is 84.9 cm³/mol. The van der Waals surface area contributed by atoms with Gasteiger partial charge in [-0.1, -0.05) is 0 Å². The molecule has 0 aromatic carbocycles. The molecule has 0 N–H and O–H groups in total. The Labute approximate surface area is 129 Å². The Kier molecular flexibility index (Phi) is 9.30. The summed E-state index contributed by atoms with van der Waals surface area (Å²) in [5, 5.41) is 4.65. The molecule has 2 saturated heterocycles. The first-order valence-corrected chi connectivity index (χ1v) is 8.68. The molecule has 1 radical (unpaired) electrons. The molecule has 123 valence electrons. The minimum atomic E-state index is 0.910. The van der Waals surface area contributed by atoms with E-state index in [1.54, 1.807) is 0 Å². The number of hydrogen-bond acceptors (Lipinski definition) is 4. The molecule has 5 nitrogen and oxygen atoms in total. The van der Waals surface area contributed by atoms with E-state index in [1.165, 1.54) is 38.8 Å². The highest BCUT2D eigenvalue weighted by atomic mass is 16.5. The Bertz CT molecular complexity index is 218. The summed E-state index contributed by atoms with van der Waals surface area (Å²) < 4.78 is 10.7. The number of ether oxygens (including phenoxy) is 2. The number of unbranched alkanes of at least 4 members (excludes halogenated alkanes) is 2. The van der Waals surface area contributed by atoms with Gasteiger partial charge in [0, 0.05) is 39.3 Å². The van der Waals surface area contributed by atoms with Gasteiger partial charge in [0.05, 0.1) is 26.4 Å². The minimum absolute atomic E-state index is 0.910. The van der Waals surface area contributed by atoms with Crippen molar-refractivity contribution in [2.24, 2.45) is 0 Å². The van der Waals surface area contributed by atoms with Crippen LogP contribution in [0.2, 0.25) is 0 Å². The number of morpholine rings is 2. The standard InChI is InChI=1S/C16H32N3O2/c1(3-7-18-9-13-20-14-10-18)5-17-6-2-4-8-19-11-15-21-16-12-19/h1-16H2. The molecular weight excluding hydrogens is 266 g/mol. The summed E-state index contributed by atoms with van der Waals surface area (Å²) in [6.07, 6.45) is 5.02. The van der Waals surface area contributed by atoms with Crippen molar-refractivity contribution in [3.63, 3.8) is 0 Å². The SMILES string of the molecule is C(CCN1CCOCC1)C[N]CCCCN1CCOCC1. The number of rotatable bonds is 10. The normalized spacial score (nSPS) is 21.7. The fourth-order valence-electron chi connectivity index (χ4n) is 2.88. The van der Waals surface area contributed by atoms with E-state index in [0.717, 1.165) is 65.7 Å². The minimum Gasteiger partial charge on any atom is -0.379 e. The maximum Gasteiger partial charge on any atom is 0.0594 e. The summed E-state index contributed by atoms with van der Waals surface area (Å²) in [6, 6.07) is 0. The van der Waals surface area contributed by atoms with Gasteiger partial charge in [0.2, 0.25) is 0 Å². The molecule has 0 atom stereocenters. The van der Waals surface area contributed by atoms with Gasteiger partial charge in [-0.05, 0) is 38.8 Å². The van der Waals surface area contributed by atoms with Gasteiger partial charge in [-0.25, -0.2) is 5.32 Å². The number of hydrogen-bond donors (Lipinski definition) is 0. The van der Waals surface area contributed by atoms with Crippen molar-refractivity contribution in [1.29, 1.82) is 0 Å². The lowest BCUT2D eigenvalue weighted by Gasteiger charge is -2.26. The van der Waals surface area contributed by atoms with Gasteiger partial charge in [0.15, 0.2) is 0 Å². The molecule has 0 unspecified atom stereocenters. The van der Waals surface area contributed by atoms with E-state index >= 15 is 0 Å². The second-order valence-corrected chi connectivity index (χ2v) is 5.99. The summed E-state index contributed by atoms with van der Waals surface area (Å²) in [4.78, 5) is 5.01. The molecule has 0 amide bonds. The van der Waals surface area contributed by atoms with Gasteiger partial charge in [-0.2, -0.15) is 0 Å². The Morgan fingerprint density at radius 3 is 1.48 bits per heavy atom. The lowest BCUT2D eigenvalue weighted by Crippen LogP contribution is -2.37. The molecule has 2 fully saturated rings. The molecule has 2 heterocycles. The van der Waals surface area contributed by atoms with Gasteiger partial charge in [0.25, 0.3) is 0 Å². The van der Waals surface area contributed by atoms with Gasteiger partial charge in [0.1, 0.15) is 0 Å². The van der Waals surface area contributed by atoms with Gasteiger partial charge in [-0.15, -0.1) is 0 Å². The average molecular weight is 298 g/mol. The highest BCUT2D eigenvalue weighted by Gasteiger charge is 2.10. The maximum absolute atomic E-state index is 5.36. The smallest absolute Gasteiger partial charge is 0.0594 e. The molecule has 2 rings (SSSR count). The van der Waals surface area contributed by atoms with Crippen molar-refractivity contribution in [2.75, 3.05) is 78.8 Å². The van der Waals surface area contributed by atoms with E-state index in [-0.39, 0.29) is 0 Å². The monoisotopic (exact) mass is 298 g/mol. The molecular formula is C16H32N3O2. The van der Waals surface area contributed by atoms with Crippen molar-refractivity contribution in [3.05, 3.63) is 0 Å². The molecule has 0 aromatic heterocycles. The van der Waals surface area contributed by atoms with Crippen molar-refractivity contribution in [1.82, 2.24) is 15.1 Å². The Morgan fingerprint density at radius 1 is 0.619 bits per heavy atom. The van der Waals surface area contributed by atoms with Crippen LogP contribution in [0.15, 0.2) is 0 Å². The fourth-order valence-corrected chi connectivity index (χ4v) is 2.88. The van der Waals surface area contributed by atoms with E-state index in [9.17, 15) is 0 Å². The van der Waals surface area contributed by atoms with E-state index in [4.69, 9.17) is 9.47 Å². The first-order chi connectivity index (χ1) is 10.4. The lowest BCUT2D eigenvalue weighted by atomic mass is 10.2. The third-order valence-electron chi connectivity index (χ3n) is 4.29. The van der Waals surface area contributed by atoms with Gasteiger partial charge < -0.3 is 9.47 Å². The summed E-state index contributed by atoms with van der Waals surface area (Å²) in [7, 11) is 0. The van der Waals surface area contributed by atoms with E-state index < -0.39 is 0 Å². The number of nitrogens with zero attached hydrogens (tertiary/aromatic N) is 3. The molecule has 0 saturated carbocycles. The Morgan fingerprint density at radius 2 is 1.05 bits per heavy atom. The van der Waals surface area contributed by atoms with Crippen molar-refractivity contribution < 1.29 is 9.47 Å². The molecule has 2 aliphatic rings. The molecule has 0 bridgehead atoms. The second-order valence-electron chi connectivity index (χ2n) is 5.99. The largest absolute Gasteiger partial charge is 0.379 e. The van der Waals surface area contributed by atoms with E-state index in [1.807, 2.05) is 0 Å². The van der Waals surface area contributed by atoms with Crippen LogP contribution in [0.1, 0.15) is 25.7 Å². The van der Waals surface area contributed by atoms with Crippen molar-refractivity contribution in [3.8, 4) is 0 Å².